The molecule has 21 heavy (non-hydrogen) atoms. The van der Waals surface area contributed by atoms with Crippen molar-refractivity contribution < 1.29 is 22.7 Å². The van der Waals surface area contributed by atoms with Gasteiger partial charge in [-0.15, -0.1) is 0 Å². The minimum absolute atomic E-state index is 0.122. The smallest absolute Gasteiger partial charge is 0.328 e. The molecule has 8 heteroatoms. The normalized spacial score (nSPS) is 12.2. The van der Waals surface area contributed by atoms with E-state index in [1.165, 1.54) is 18.2 Å². The summed E-state index contributed by atoms with van der Waals surface area (Å²) in [4.78, 5) is 10.4. The molecule has 0 radical (unpaired) electrons. The molecule has 116 valence electrons. The molecule has 0 unspecified atom stereocenters. The molecule has 1 rings (SSSR count). The molecule has 0 saturated heterocycles. The summed E-state index contributed by atoms with van der Waals surface area (Å²) in [5.41, 5.74) is 0.585. The Bertz CT molecular complexity index is 642. The third-order valence-electron chi connectivity index (χ3n) is 2.33. The van der Waals surface area contributed by atoms with Crippen LogP contribution in [0.4, 0.5) is 4.39 Å². The van der Waals surface area contributed by atoms with Crippen LogP contribution in [0.5, 0.6) is 0 Å². The molecule has 0 fully saturated rings. The second kappa shape index (κ2) is 7.30. The van der Waals surface area contributed by atoms with Gasteiger partial charge in [0.15, 0.2) is 0 Å². The van der Waals surface area contributed by atoms with Crippen molar-refractivity contribution in [3.05, 3.63) is 41.2 Å². The van der Waals surface area contributed by atoms with Gasteiger partial charge in [0.2, 0.25) is 0 Å². The summed E-state index contributed by atoms with van der Waals surface area (Å²) in [6.45, 7) is 3.09. The van der Waals surface area contributed by atoms with Gasteiger partial charge in [-0.25, -0.2) is 9.18 Å². The van der Waals surface area contributed by atoms with Gasteiger partial charge in [0, 0.05) is 24.2 Å². The molecule has 1 aromatic carbocycles. The van der Waals surface area contributed by atoms with Crippen LogP contribution in [-0.4, -0.2) is 25.5 Å². The molecule has 3 N–H and O–H groups in total. The highest BCUT2D eigenvalue weighted by molar-refractivity contribution is 7.87. The molecule has 0 spiro atoms. The number of carboxylic acids is 1. The Morgan fingerprint density at radius 3 is 2.67 bits per heavy atom. The maximum Gasteiger partial charge on any atom is 0.328 e. The molecule has 0 atom stereocenters. The maximum atomic E-state index is 13.6. The highest BCUT2D eigenvalue weighted by Gasteiger charge is 2.12. The standard InChI is InChI=1S/C13H17FN2O4S/c1-9(2)16-21(19,20)15-8-11-7-10(3-5-12(11)14)4-6-13(17)18/h3-7,9,15-16H,8H2,1-2H3,(H,17,18)/b6-4+. The number of hydrogen-bond donors (Lipinski definition) is 3. The van der Waals surface area contributed by atoms with Crippen molar-refractivity contribution in [3.8, 4) is 0 Å². The Hall–Kier alpha value is -1.77. The van der Waals surface area contributed by atoms with Gasteiger partial charge >= 0.3 is 5.97 Å². The predicted octanol–water partition coefficient (Wildman–Crippen LogP) is 1.26. The fraction of sp³-hybridized carbons (Fsp3) is 0.308. The number of hydrogen-bond acceptors (Lipinski definition) is 3. The fourth-order valence-electron chi connectivity index (χ4n) is 1.53. The molecule has 0 saturated carbocycles. The van der Waals surface area contributed by atoms with Gasteiger partial charge in [-0.05, 0) is 37.6 Å². The van der Waals surface area contributed by atoms with E-state index in [0.29, 0.717) is 5.56 Å². The Kier molecular flexibility index (Phi) is 6.01. The lowest BCUT2D eigenvalue weighted by Crippen LogP contribution is -2.40. The van der Waals surface area contributed by atoms with E-state index < -0.39 is 22.0 Å². The van der Waals surface area contributed by atoms with E-state index in [1.807, 2.05) is 0 Å². The molecule has 0 aliphatic heterocycles. The monoisotopic (exact) mass is 316 g/mol. The van der Waals surface area contributed by atoms with Gasteiger partial charge in [-0.2, -0.15) is 17.9 Å². The van der Waals surface area contributed by atoms with Gasteiger partial charge < -0.3 is 5.11 Å². The quantitative estimate of drug-likeness (QED) is 0.660. The Morgan fingerprint density at radius 1 is 1.43 bits per heavy atom. The first-order valence-electron chi connectivity index (χ1n) is 6.16. The number of benzene rings is 1. The zero-order valence-electron chi connectivity index (χ0n) is 11.6. The SMILES string of the molecule is CC(C)NS(=O)(=O)NCc1cc(/C=C/C(=O)O)ccc1F. The van der Waals surface area contributed by atoms with Crippen molar-refractivity contribution in [2.24, 2.45) is 0 Å². The average molecular weight is 316 g/mol. The number of carboxylic acid groups (broad SMARTS) is 1. The van der Waals surface area contributed by atoms with Gasteiger partial charge in [0.05, 0.1) is 0 Å². The van der Waals surface area contributed by atoms with Gasteiger partial charge in [0.1, 0.15) is 5.82 Å². The summed E-state index contributed by atoms with van der Waals surface area (Å²) < 4.78 is 41.3. The molecular weight excluding hydrogens is 299 g/mol. The third-order valence-corrected chi connectivity index (χ3v) is 3.64. The molecule has 1 aromatic rings. The largest absolute Gasteiger partial charge is 0.478 e. The molecule has 0 aliphatic carbocycles. The van der Waals surface area contributed by atoms with Crippen LogP contribution in [0.25, 0.3) is 6.08 Å². The van der Waals surface area contributed by atoms with E-state index in [4.69, 9.17) is 5.11 Å². The van der Waals surface area contributed by atoms with Crippen molar-refractivity contribution in [3.63, 3.8) is 0 Å². The highest BCUT2D eigenvalue weighted by Crippen LogP contribution is 2.12. The second-order valence-electron chi connectivity index (χ2n) is 4.62. The van der Waals surface area contributed by atoms with E-state index in [9.17, 15) is 17.6 Å². The van der Waals surface area contributed by atoms with Crippen molar-refractivity contribution >= 4 is 22.3 Å². The Balaban J connectivity index is 2.83. The first-order valence-corrected chi connectivity index (χ1v) is 7.64. The van der Waals surface area contributed by atoms with Crippen LogP contribution < -0.4 is 9.44 Å². The van der Waals surface area contributed by atoms with Crippen molar-refractivity contribution in [2.75, 3.05) is 0 Å². The maximum absolute atomic E-state index is 13.6. The number of nitrogens with one attached hydrogen (secondary N) is 2. The van der Waals surface area contributed by atoms with Gasteiger partial charge in [0.25, 0.3) is 10.2 Å². The Labute approximate surface area is 122 Å². The van der Waals surface area contributed by atoms with Crippen molar-refractivity contribution in [1.82, 2.24) is 9.44 Å². The highest BCUT2D eigenvalue weighted by atomic mass is 32.2. The molecule has 0 aromatic heterocycles. The first-order chi connectivity index (χ1) is 9.69. The average Bonchev–Trinajstić information content (AvgIpc) is 2.34. The van der Waals surface area contributed by atoms with Crippen LogP contribution in [0.3, 0.4) is 0 Å². The first kappa shape index (κ1) is 17.3. The minimum Gasteiger partial charge on any atom is -0.478 e. The zero-order valence-corrected chi connectivity index (χ0v) is 12.4. The molecule has 0 bridgehead atoms. The van der Waals surface area contributed by atoms with E-state index in [0.717, 1.165) is 12.1 Å². The summed E-state index contributed by atoms with van der Waals surface area (Å²) in [5, 5.41) is 8.53. The lowest BCUT2D eigenvalue weighted by atomic mass is 10.1. The summed E-state index contributed by atoms with van der Waals surface area (Å²) >= 11 is 0. The molecule has 6 nitrogen and oxygen atoms in total. The minimum atomic E-state index is -3.71. The van der Waals surface area contributed by atoms with Gasteiger partial charge in [-0.3, -0.25) is 0 Å². The molecular formula is C13H17FN2O4S. The number of aliphatic carboxylic acids is 1. The molecule has 0 heterocycles. The predicted molar refractivity (Wildman–Crippen MR) is 77.1 cm³/mol. The van der Waals surface area contributed by atoms with E-state index >= 15 is 0 Å². The summed E-state index contributed by atoms with van der Waals surface area (Å²) in [7, 11) is -3.71. The number of halogens is 1. The van der Waals surface area contributed by atoms with Crippen LogP contribution in [0.1, 0.15) is 25.0 Å². The number of rotatable bonds is 7. The van der Waals surface area contributed by atoms with Crippen LogP contribution in [0, 0.1) is 5.82 Å². The number of carbonyl (C=O) groups is 1. The lowest BCUT2D eigenvalue weighted by Gasteiger charge is -2.11. The third kappa shape index (κ3) is 6.48. The summed E-state index contributed by atoms with van der Waals surface area (Å²) in [5.74, 6) is -1.70. The van der Waals surface area contributed by atoms with Crippen LogP contribution in [0.2, 0.25) is 0 Å². The van der Waals surface area contributed by atoms with E-state index in [2.05, 4.69) is 9.44 Å². The summed E-state index contributed by atoms with van der Waals surface area (Å²) in [6, 6.07) is 3.66. The van der Waals surface area contributed by atoms with Crippen LogP contribution in [0.15, 0.2) is 24.3 Å². The van der Waals surface area contributed by atoms with Crippen molar-refractivity contribution in [1.29, 1.82) is 0 Å². The fourth-order valence-corrected chi connectivity index (χ4v) is 2.58. The van der Waals surface area contributed by atoms with Crippen LogP contribution >= 0.6 is 0 Å². The summed E-state index contributed by atoms with van der Waals surface area (Å²) in [6.07, 6.45) is 2.22. The Morgan fingerprint density at radius 2 is 2.10 bits per heavy atom. The second-order valence-corrected chi connectivity index (χ2v) is 6.15. The van der Waals surface area contributed by atoms with E-state index in [-0.39, 0.29) is 18.2 Å². The van der Waals surface area contributed by atoms with Gasteiger partial charge in [-0.1, -0.05) is 6.07 Å². The van der Waals surface area contributed by atoms with Crippen LogP contribution in [-0.2, 0) is 21.5 Å². The van der Waals surface area contributed by atoms with Crippen molar-refractivity contribution in [2.45, 2.75) is 26.4 Å². The topological polar surface area (TPSA) is 95.5 Å². The van der Waals surface area contributed by atoms with E-state index in [1.54, 1.807) is 13.8 Å². The molecule has 0 amide bonds. The zero-order chi connectivity index (χ0) is 16.0. The lowest BCUT2D eigenvalue weighted by molar-refractivity contribution is -0.131. The molecule has 0 aliphatic rings.